The van der Waals surface area contributed by atoms with Gasteiger partial charge in [-0.3, -0.25) is 4.79 Å². The van der Waals surface area contributed by atoms with Crippen molar-refractivity contribution in [2.45, 2.75) is 18.7 Å². The third kappa shape index (κ3) is 4.34. The molecule has 0 unspecified atom stereocenters. The second-order valence-corrected chi connectivity index (χ2v) is 6.98. The molecule has 0 bridgehead atoms. The topological polar surface area (TPSA) is 63.2 Å². The molecule has 1 N–H and O–H groups in total. The number of hydrogen-bond acceptors (Lipinski definition) is 4. The molecule has 0 atom stereocenters. The molecule has 0 spiro atoms. The van der Waals surface area contributed by atoms with Crippen molar-refractivity contribution in [1.29, 1.82) is 0 Å². The summed E-state index contributed by atoms with van der Waals surface area (Å²) < 4.78 is 22.5. The molecule has 1 aromatic rings. The minimum atomic E-state index is -3.05. The summed E-state index contributed by atoms with van der Waals surface area (Å²) in [4.78, 5) is 12.6. The van der Waals surface area contributed by atoms with E-state index in [1.165, 1.54) is 0 Å². The Kier molecular flexibility index (Phi) is 5.22. The summed E-state index contributed by atoms with van der Waals surface area (Å²) in [5.41, 5.74) is 1.36. The van der Waals surface area contributed by atoms with E-state index in [2.05, 4.69) is 17.9 Å². The summed E-state index contributed by atoms with van der Waals surface area (Å²) in [5, 5.41) is 2.61. The molecular formula is C12H17NO3S2. The molecule has 0 saturated carbocycles. The summed E-state index contributed by atoms with van der Waals surface area (Å²) in [6.07, 6.45) is 0. The number of hydrogen-bond donors (Lipinski definition) is 2. The van der Waals surface area contributed by atoms with Crippen LogP contribution in [0.4, 0.5) is 0 Å². The van der Waals surface area contributed by atoms with Gasteiger partial charge in [-0.25, -0.2) is 8.42 Å². The zero-order chi connectivity index (χ0) is 13.8. The molecule has 1 amide bonds. The molecular weight excluding hydrogens is 270 g/mol. The highest BCUT2D eigenvalue weighted by Crippen LogP contribution is 2.13. The first-order chi connectivity index (χ1) is 8.35. The molecule has 0 aliphatic heterocycles. The van der Waals surface area contributed by atoms with Gasteiger partial charge in [-0.2, -0.15) is 0 Å². The molecule has 100 valence electrons. The largest absolute Gasteiger partial charge is 0.351 e. The quantitative estimate of drug-likeness (QED) is 0.806. The van der Waals surface area contributed by atoms with Crippen LogP contribution in [0.2, 0.25) is 0 Å². The Balaban J connectivity index is 2.64. The molecule has 6 heteroatoms. The van der Waals surface area contributed by atoms with E-state index in [0.29, 0.717) is 10.5 Å². The van der Waals surface area contributed by atoms with E-state index in [-0.39, 0.29) is 24.0 Å². The fraction of sp³-hybridized carbons (Fsp3) is 0.417. The third-order valence-electron chi connectivity index (χ3n) is 2.60. The van der Waals surface area contributed by atoms with E-state index in [4.69, 9.17) is 0 Å². The predicted octanol–water partition coefficient (Wildman–Crippen LogP) is 1.45. The summed E-state index contributed by atoms with van der Waals surface area (Å²) in [6, 6.07) is 5.28. The van der Waals surface area contributed by atoms with Gasteiger partial charge in [0.2, 0.25) is 0 Å². The fourth-order valence-electron chi connectivity index (χ4n) is 1.41. The molecule has 0 saturated heterocycles. The molecule has 0 fully saturated rings. The van der Waals surface area contributed by atoms with Crippen LogP contribution in [-0.4, -0.2) is 32.4 Å². The van der Waals surface area contributed by atoms with Crippen LogP contribution in [0.15, 0.2) is 23.1 Å². The number of amides is 1. The number of nitrogens with one attached hydrogen (secondary N) is 1. The normalized spacial score (nSPS) is 11.3. The fourth-order valence-corrected chi connectivity index (χ4v) is 2.32. The highest BCUT2D eigenvalue weighted by Gasteiger charge is 2.11. The van der Waals surface area contributed by atoms with Gasteiger partial charge in [0.1, 0.15) is 0 Å². The van der Waals surface area contributed by atoms with Crippen molar-refractivity contribution >= 4 is 28.4 Å². The van der Waals surface area contributed by atoms with Crippen molar-refractivity contribution in [2.75, 3.05) is 18.1 Å². The van der Waals surface area contributed by atoms with Crippen LogP contribution in [0.25, 0.3) is 0 Å². The maximum absolute atomic E-state index is 11.9. The Morgan fingerprint density at radius 2 is 2.06 bits per heavy atom. The van der Waals surface area contributed by atoms with Crippen molar-refractivity contribution in [3.8, 4) is 0 Å². The molecule has 0 aliphatic rings. The second-order valence-electron chi connectivity index (χ2n) is 3.99. The first-order valence-corrected chi connectivity index (χ1v) is 7.91. The van der Waals surface area contributed by atoms with Crippen LogP contribution in [-0.2, 0) is 9.84 Å². The van der Waals surface area contributed by atoms with Crippen LogP contribution in [0.3, 0.4) is 0 Å². The maximum atomic E-state index is 11.9. The van der Waals surface area contributed by atoms with E-state index in [1.54, 1.807) is 25.1 Å². The third-order valence-corrected chi connectivity index (χ3v) is 4.59. The van der Waals surface area contributed by atoms with Gasteiger partial charge in [-0.15, -0.1) is 12.6 Å². The number of benzene rings is 1. The number of aryl methyl sites for hydroxylation is 1. The van der Waals surface area contributed by atoms with Gasteiger partial charge in [0.05, 0.1) is 5.75 Å². The lowest BCUT2D eigenvalue weighted by atomic mass is 10.1. The second kappa shape index (κ2) is 6.24. The zero-order valence-corrected chi connectivity index (χ0v) is 12.1. The van der Waals surface area contributed by atoms with Gasteiger partial charge in [0.15, 0.2) is 9.84 Å². The summed E-state index contributed by atoms with van der Waals surface area (Å²) >= 11 is 4.17. The van der Waals surface area contributed by atoms with Gasteiger partial charge in [0.25, 0.3) is 5.91 Å². The average Bonchev–Trinajstić information content (AvgIpc) is 2.32. The first-order valence-electron chi connectivity index (χ1n) is 5.64. The molecule has 0 radical (unpaired) electrons. The maximum Gasteiger partial charge on any atom is 0.251 e. The lowest BCUT2D eigenvalue weighted by Crippen LogP contribution is -2.30. The van der Waals surface area contributed by atoms with E-state index in [1.807, 2.05) is 6.92 Å². The van der Waals surface area contributed by atoms with Crippen molar-refractivity contribution < 1.29 is 13.2 Å². The van der Waals surface area contributed by atoms with Gasteiger partial charge < -0.3 is 5.32 Å². The van der Waals surface area contributed by atoms with E-state index in [9.17, 15) is 13.2 Å². The Morgan fingerprint density at radius 3 is 2.67 bits per heavy atom. The van der Waals surface area contributed by atoms with Crippen molar-refractivity contribution in [3.05, 3.63) is 29.3 Å². The highest BCUT2D eigenvalue weighted by atomic mass is 32.2. The number of rotatable bonds is 5. The Hall–Kier alpha value is -1.01. The van der Waals surface area contributed by atoms with Gasteiger partial charge in [-0.05, 0) is 24.6 Å². The smallest absolute Gasteiger partial charge is 0.251 e. The Bertz CT molecular complexity index is 538. The van der Waals surface area contributed by atoms with E-state index < -0.39 is 9.84 Å². The first kappa shape index (κ1) is 15.0. The lowest BCUT2D eigenvalue weighted by Gasteiger charge is -2.08. The van der Waals surface area contributed by atoms with Crippen LogP contribution in [0.5, 0.6) is 0 Å². The van der Waals surface area contributed by atoms with Crippen LogP contribution < -0.4 is 5.32 Å². The minimum absolute atomic E-state index is 0.0329. The minimum Gasteiger partial charge on any atom is -0.351 e. The lowest BCUT2D eigenvalue weighted by molar-refractivity contribution is 0.0955. The SMILES string of the molecule is CCS(=O)(=O)CCNC(=O)c1cc(S)ccc1C. The zero-order valence-electron chi connectivity index (χ0n) is 10.4. The number of carbonyl (C=O) groups is 1. The van der Waals surface area contributed by atoms with Crippen LogP contribution in [0.1, 0.15) is 22.8 Å². The highest BCUT2D eigenvalue weighted by molar-refractivity contribution is 7.91. The molecule has 1 rings (SSSR count). The monoisotopic (exact) mass is 287 g/mol. The Labute approximate surface area is 113 Å². The molecule has 1 aromatic carbocycles. The van der Waals surface area contributed by atoms with Crippen LogP contribution in [0, 0.1) is 6.92 Å². The molecule has 0 aromatic heterocycles. The summed E-state index contributed by atoms with van der Waals surface area (Å²) in [6.45, 7) is 3.54. The number of thiol groups is 1. The summed E-state index contributed by atoms with van der Waals surface area (Å²) in [5.74, 6) is -0.210. The van der Waals surface area contributed by atoms with Gasteiger partial charge in [-0.1, -0.05) is 13.0 Å². The van der Waals surface area contributed by atoms with Crippen molar-refractivity contribution in [2.24, 2.45) is 0 Å². The van der Waals surface area contributed by atoms with Crippen LogP contribution >= 0.6 is 12.6 Å². The summed E-state index contributed by atoms with van der Waals surface area (Å²) in [7, 11) is -3.05. The van der Waals surface area contributed by atoms with Gasteiger partial charge >= 0.3 is 0 Å². The van der Waals surface area contributed by atoms with Gasteiger partial charge in [0, 0.05) is 22.8 Å². The van der Waals surface area contributed by atoms with Crippen molar-refractivity contribution in [1.82, 2.24) is 5.32 Å². The number of carbonyl (C=O) groups excluding carboxylic acids is 1. The average molecular weight is 287 g/mol. The predicted molar refractivity (Wildman–Crippen MR) is 75.1 cm³/mol. The Morgan fingerprint density at radius 1 is 1.39 bits per heavy atom. The molecule has 0 heterocycles. The van der Waals surface area contributed by atoms with E-state index in [0.717, 1.165) is 5.56 Å². The van der Waals surface area contributed by atoms with E-state index >= 15 is 0 Å². The molecule has 0 aliphatic carbocycles. The standard InChI is InChI=1S/C12H17NO3S2/c1-3-18(15,16)7-6-13-12(14)11-8-10(17)5-4-9(11)2/h4-5,8,17H,3,6-7H2,1-2H3,(H,13,14). The number of sulfone groups is 1. The molecule has 18 heavy (non-hydrogen) atoms. The van der Waals surface area contributed by atoms with Crippen molar-refractivity contribution in [3.63, 3.8) is 0 Å². The molecule has 4 nitrogen and oxygen atoms in total.